The lowest BCUT2D eigenvalue weighted by atomic mass is 10.0. The van der Waals surface area contributed by atoms with E-state index in [0.29, 0.717) is 50.4 Å². The van der Waals surface area contributed by atoms with E-state index in [1.54, 1.807) is 7.05 Å². The van der Waals surface area contributed by atoms with E-state index in [0.717, 1.165) is 5.69 Å². The van der Waals surface area contributed by atoms with Crippen LogP contribution < -0.4 is 15.4 Å². The summed E-state index contributed by atoms with van der Waals surface area (Å²) < 4.78 is 6.83. The SMILES string of the molecule is CC1CN(C(=O)Cc2nc(N3CCOCC3)cc(=O)n2C)c2ccccc21. The molecule has 2 aliphatic rings. The second kappa shape index (κ2) is 7.15. The lowest BCUT2D eigenvalue weighted by Gasteiger charge is -2.28. The number of ether oxygens (including phenoxy) is 1. The molecule has 1 saturated heterocycles. The number of anilines is 2. The lowest BCUT2D eigenvalue weighted by molar-refractivity contribution is -0.118. The molecule has 0 radical (unpaired) electrons. The Bertz CT molecular complexity index is 918. The number of carbonyl (C=O) groups excluding carboxylic acids is 1. The van der Waals surface area contributed by atoms with Crippen LogP contribution in [0, 0.1) is 0 Å². The Morgan fingerprint density at radius 2 is 2.00 bits per heavy atom. The molecular weight excluding hydrogens is 344 g/mol. The molecule has 1 unspecified atom stereocenters. The number of morpholine rings is 1. The standard InChI is InChI=1S/C20H24N4O3/c1-14-13-24(16-6-4-3-5-15(14)16)20(26)11-17-21-18(12-19(25)22(17)2)23-7-9-27-10-8-23/h3-6,12,14H,7-11,13H2,1-2H3. The number of nitrogens with zero attached hydrogens (tertiary/aromatic N) is 4. The molecule has 1 fully saturated rings. The average molecular weight is 368 g/mol. The number of benzene rings is 1. The van der Waals surface area contributed by atoms with Crippen LogP contribution >= 0.6 is 0 Å². The first-order valence-corrected chi connectivity index (χ1v) is 9.33. The Morgan fingerprint density at radius 3 is 2.78 bits per heavy atom. The molecule has 1 amide bonds. The molecule has 4 rings (SSSR count). The maximum atomic E-state index is 13.0. The summed E-state index contributed by atoms with van der Waals surface area (Å²) in [6, 6.07) is 9.53. The Hall–Kier alpha value is -2.67. The van der Waals surface area contributed by atoms with Crippen molar-refractivity contribution in [3.8, 4) is 0 Å². The van der Waals surface area contributed by atoms with Gasteiger partial charge in [0.05, 0.1) is 19.6 Å². The lowest BCUT2D eigenvalue weighted by Crippen LogP contribution is -2.39. The topological polar surface area (TPSA) is 67.7 Å². The molecule has 7 heteroatoms. The fourth-order valence-corrected chi connectivity index (χ4v) is 3.77. The summed E-state index contributed by atoms with van der Waals surface area (Å²) in [5.74, 6) is 1.39. The quantitative estimate of drug-likeness (QED) is 0.817. The Balaban J connectivity index is 1.60. The first-order valence-electron chi connectivity index (χ1n) is 9.33. The predicted octanol–water partition coefficient (Wildman–Crippen LogP) is 1.31. The Labute approximate surface area is 158 Å². The zero-order valence-corrected chi connectivity index (χ0v) is 15.7. The van der Waals surface area contributed by atoms with Crippen LogP contribution in [0.5, 0.6) is 0 Å². The van der Waals surface area contributed by atoms with Crippen molar-refractivity contribution in [1.82, 2.24) is 9.55 Å². The largest absolute Gasteiger partial charge is 0.378 e. The van der Waals surface area contributed by atoms with Crippen LogP contribution in [0.3, 0.4) is 0 Å². The Morgan fingerprint density at radius 1 is 1.26 bits per heavy atom. The van der Waals surface area contributed by atoms with Gasteiger partial charge in [0.25, 0.3) is 5.56 Å². The molecule has 2 aromatic rings. The fraction of sp³-hybridized carbons (Fsp3) is 0.450. The second-order valence-electron chi connectivity index (χ2n) is 7.17. The van der Waals surface area contributed by atoms with Gasteiger partial charge in [0.2, 0.25) is 5.91 Å². The highest BCUT2D eigenvalue weighted by Gasteiger charge is 2.30. The highest BCUT2D eigenvalue weighted by molar-refractivity contribution is 5.96. The molecular formula is C20H24N4O3. The zero-order chi connectivity index (χ0) is 19.0. The molecule has 1 aromatic heterocycles. The maximum absolute atomic E-state index is 13.0. The third-order valence-electron chi connectivity index (χ3n) is 5.37. The number of carbonyl (C=O) groups is 1. The number of rotatable bonds is 3. The van der Waals surface area contributed by atoms with Gasteiger partial charge in [0, 0.05) is 44.4 Å². The highest BCUT2D eigenvalue weighted by atomic mass is 16.5. The van der Waals surface area contributed by atoms with Crippen LogP contribution in [0.1, 0.15) is 24.2 Å². The van der Waals surface area contributed by atoms with Crippen molar-refractivity contribution in [2.24, 2.45) is 7.05 Å². The van der Waals surface area contributed by atoms with E-state index in [4.69, 9.17) is 4.74 Å². The maximum Gasteiger partial charge on any atom is 0.255 e. The molecule has 0 spiro atoms. The van der Waals surface area contributed by atoms with Crippen LogP contribution in [-0.2, 0) is 23.0 Å². The number of hydrogen-bond donors (Lipinski definition) is 0. The summed E-state index contributed by atoms with van der Waals surface area (Å²) in [5, 5.41) is 0. The molecule has 0 bridgehead atoms. The molecule has 0 saturated carbocycles. The normalized spacial score (nSPS) is 19.3. The van der Waals surface area contributed by atoms with Gasteiger partial charge in [0.1, 0.15) is 11.6 Å². The molecule has 1 atom stereocenters. The van der Waals surface area contributed by atoms with Crippen molar-refractivity contribution in [2.45, 2.75) is 19.3 Å². The van der Waals surface area contributed by atoms with Crippen molar-refractivity contribution in [3.63, 3.8) is 0 Å². The van der Waals surface area contributed by atoms with E-state index in [1.807, 2.05) is 28.0 Å². The molecule has 3 heterocycles. The van der Waals surface area contributed by atoms with E-state index in [-0.39, 0.29) is 17.9 Å². The first-order chi connectivity index (χ1) is 13.0. The van der Waals surface area contributed by atoms with E-state index >= 15 is 0 Å². The van der Waals surface area contributed by atoms with Crippen molar-refractivity contribution in [3.05, 3.63) is 52.1 Å². The average Bonchev–Trinajstić information content (AvgIpc) is 3.03. The summed E-state index contributed by atoms with van der Waals surface area (Å²) in [5.41, 5.74) is 2.00. The van der Waals surface area contributed by atoms with Gasteiger partial charge in [-0.15, -0.1) is 0 Å². The van der Waals surface area contributed by atoms with Gasteiger partial charge < -0.3 is 14.5 Å². The molecule has 2 aliphatic heterocycles. The van der Waals surface area contributed by atoms with Crippen molar-refractivity contribution >= 4 is 17.4 Å². The minimum Gasteiger partial charge on any atom is -0.378 e. The summed E-state index contributed by atoms with van der Waals surface area (Å²) in [4.78, 5) is 33.9. The van der Waals surface area contributed by atoms with Gasteiger partial charge in [-0.05, 0) is 11.6 Å². The van der Waals surface area contributed by atoms with Gasteiger partial charge in [0.15, 0.2) is 0 Å². The van der Waals surface area contributed by atoms with E-state index < -0.39 is 0 Å². The third-order valence-corrected chi connectivity index (χ3v) is 5.37. The Kier molecular flexibility index (Phi) is 4.70. The number of aromatic nitrogens is 2. The predicted molar refractivity (Wildman–Crippen MR) is 103 cm³/mol. The number of para-hydroxylation sites is 1. The number of hydrogen-bond acceptors (Lipinski definition) is 5. The van der Waals surface area contributed by atoms with E-state index in [2.05, 4.69) is 18.0 Å². The van der Waals surface area contributed by atoms with Crippen LogP contribution in [-0.4, -0.2) is 48.3 Å². The fourth-order valence-electron chi connectivity index (χ4n) is 3.77. The number of amides is 1. The van der Waals surface area contributed by atoms with Gasteiger partial charge in [-0.1, -0.05) is 25.1 Å². The third kappa shape index (κ3) is 3.35. The molecule has 27 heavy (non-hydrogen) atoms. The molecule has 7 nitrogen and oxygen atoms in total. The van der Waals surface area contributed by atoms with Gasteiger partial charge in [-0.25, -0.2) is 4.98 Å². The van der Waals surface area contributed by atoms with Crippen LogP contribution in [0.25, 0.3) is 0 Å². The van der Waals surface area contributed by atoms with Crippen LogP contribution in [0.4, 0.5) is 11.5 Å². The van der Waals surface area contributed by atoms with Crippen molar-refractivity contribution in [1.29, 1.82) is 0 Å². The van der Waals surface area contributed by atoms with Crippen molar-refractivity contribution in [2.75, 3.05) is 42.6 Å². The zero-order valence-electron chi connectivity index (χ0n) is 15.7. The van der Waals surface area contributed by atoms with Crippen molar-refractivity contribution < 1.29 is 9.53 Å². The smallest absolute Gasteiger partial charge is 0.255 e. The van der Waals surface area contributed by atoms with E-state index in [9.17, 15) is 9.59 Å². The monoisotopic (exact) mass is 368 g/mol. The summed E-state index contributed by atoms with van der Waals surface area (Å²) in [6.45, 7) is 5.42. The minimum atomic E-state index is -0.149. The van der Waals surface area contributed by atoms with Gasteiger partial charge in [-0.2, -0.15) is 0 Å². The molecule has 1 aromatic carbocycles. The van der Waals surface area contributed by atoms with Gasteiger partial charge >= 0.3 is 0 Å². The minimum absolute atomic E-state index is 0.0339. The summed E-state index contributed by atoms with van der Waals surface area (Å²) in [6.07, 6.45) is 0.102. The van der Waals surface area contributed by atoms with E-state index in [1.165, 1.54) is 16.2 Å². The van der Waals surface area contributed by atoms with Crippen LogP contribution in [0.15, 0.2) is 35.1 Å². The molecule has 0 N–H and O–H groups in total. The van der Waals surface area contributed by atoms with Gasteiger partial charge in [-0.3, -0.25) is 14.2 Å². The second-order valence-corrected chi connectivity index (χ2v) is 7.17. The highest BCUT2D eigenvalue weighted by Crippen LogP contribution is 2.35. The molecule has 0 aliphatic carbocycles. The van der Waals surface area contributed by atoms with Crippen LogP contribution in [0.2, 0.25) is 0 Å². The summed E-state index contributed by atoms with van der Waals surface area (Å²) in [7, 11) is 1.67. The first kappa shape index (κ1) is 17.7. The summed E-state index contributed by atoms with van der Waals surface area (Å²) >= 11 is 0. The number of fused-ring (bicyclic) bond motifs is 1. The molecule has 142 valence electrons.